The van der Waals surface area contributed by atoms with E-state index < -0.39 is 0 Å². The summed E-state index contributed by atoms with van der Waals surface area (Å²) in [5.74, 6) is 0.0114. The number of nitrogens with zero attached hydrogens (tertiary/aromatic N) is 1. The molecule has 1 N–H and O–H groups in total. The highest BCUT2D eigenvalue weighted by Crippen LogP contribution is 2.19. The summed E-state index contributed by atoms with van der Waals surface area (Å²) in [6.45, 7) is 5.43. The van der Waals surface area contributed by atoms with Crippen molar-refractivity contribution in [2.24, 2.45) is 0 Å². The molecule has 2 rings (SSSR count). The van der Waals surface area contributed by atoms with Crippen molar-refractivity contribution >= 4 is 17.2 Å². The molecule has 1 aromatic rings. The first-order valence-corrected chi connectivity index (χ1v) is 7.37. The zero-order valence-electron chi connectivity index (χ0n) is 11.0. The van der Waals surface area contributed by atoms with Crippen LogP contribution >= 0.6 is 11.3 Å². The summed E-state index contributed by atoms with van der Waals surface area (Å²) in [7, 11) is 0. The van der Waals surface area contributed by atoms with Crippen molar-refractivity contribution in [1.29, 1.82) is 0 Å². The number of carbonyl (C=O) groups is 1. The highest BCUT2D eigenvalue weighted by molar-refractivity contribution is 7.11. The Morgan fingerprint density at radius 3 is 3.11 bits per heavy atom. The van der Waals surface area contributed by atoms with Gasteiger partial charge in [0.2, 0.25) is 5.91 Å². The highest BCUT2D eigenvalue weighted by Gasteiger charge is 2.23. The molecule has 100 valence electrons. The highest BCUT2D eigenvalue weighted by atomic mass is 32.1. The number of rotatable bonds is 5. The van der Waals surface area contributed by atoms with Crippen LogP contribution in [0.2, 0.25) is 0 Å². The van der Waals surface area contributed by atoms with Crippen LogP contribution in [0.15, 0.2) is 0 Å². The molecule has 0 saturated carbocycles. The Kier molecular flexibility index (Phi) is 4.72. The monoisotopic (exact) mass is 268 g/mol. The Bertz CT molecular complexity index is 411. The molecule has 0 unspecified atom stereocenters. The molecule has 1 atom stereocenters. The molecule has 0 spiro atoms. The molecule has 0 bridgehead atoms. The summed E-state index contributed by atoms with van der Waals surface area (Å²) >= 11 is 1.70. The van der Waals surface area contributed by atoms with Gasteiger partial charge in [0.15, 0.2) is 0 Å². The van der Waals surface area contributed by atoms with E-state index in [2.05, 4.69) is 17.2 Å². The van der Waals surface area contributed by atoms with E-state index in [0.717, 1.165) is 41.3 Å². The van der Waals surface area contributed by atoms with Crippen LogP contribution in [-0.4, -0.2) is 23.6 Å². The predicted octanol–water partition coefficient (Wildman–Crippen LogP) is 2.20. The van der Waals surface area contributed by atoms with Crippen molar-refractivity contribution in [3.05, 3.63) is 15.6 Å². The van der Waals surface area contributed by atoms with Crippen LogP contribution in [0.25, 0.3) is 0 Å². The second kappa shape index (κ2) is 6.29. The number of ether oxygens (including phenoxy) is 1. The van der Waals surface area contributed by atoms with Crippen molar-refractivity contribution in [2.45, 2.75) is 52.2 Å². The zero-order chi connectivity index (χ0) is 13.0. The minimum Gasteiger partial charge on any atom is -0.368 e. The van der Waals surface area contributed by atoms with Gasteiger partial charge in [0.1, 0.15) is 6.10 Å². The molecule has 1 fully saturated rings. The molecule has 4 nitrogen and oxygen atoms in total. The Labute approximate surface area is 112 Å². The summed E-state index contributed by atoms with van der Waals surface area (Å²) in [5, 5.41) is 4.11. The van der Waals surface area contributed by atoms with Gasteiger partial charge >= 0.3 is 0 Å². The average Bonchev–Trinajstić information content (AvgIpc) is 2.97. The standard InChI is InChI=1S/C13H20N2O2S/c1-3-5-12-15-9(2)11(18-12)8-14-13(16)10-6-4-7-17-10/h10H,3-8H2,1-2H3,(H,14,16)/t10-/m1/s1. The van der Waals surface area contributed by atoms with Crippen LogP contribution in [-0.2, 0) is 22.5 Å². The van der Waals surface area contributed by atoms with Crippen LogP contribution in [0.3, 0.4) is 0 Å². The van der Waals surface area contributed by atoms with Gasteiger partial charge in [-0.1, -0.05) is 6.92 Å². The van der Waals surface area contributed by atoms with E-state index in [9.17, 15) is 4.79 Å². The van der Waals surface area contributed by atoms with E-state index in [0.29, 0.717) is 13.2 Å². The molecule has 1 saturated heterocycles. The number of aryl methyl sites for hydroxylation is 2. The number of hydrogen-bond acceptors (Lipinski definition) is 4. The Morgan fingerprint density at radius 1 is 1.61 bits per heavy atom. The molecule has 1 aliphatic heterocycles. The van der Waals surface area contributed by atoms with Crippen molar-refractivity contribution in [2.75, 3.05) is 6.61 Å². The van der Waals surface area contributed by atoms with Gasteiger partial charge in [-0.3, -0.25) is 4.79 Å². The predicted molar refractivity (Wildman–Crippen MR) is 71.7 cm³/mol. The lowest BCUT2D eigenvalue weighted by Crippen LogP contribution is -2.33. The molecule has 0 radical (unpaired) electrons. The van der Waals surface area contributed by atoms with Gasteiger partial charge in [-0.2, -0.15) is 0 Å². The first-order valence-electron chi connectivity index (χ1n) is 6.55. The molecule has 5 heteroatoms. The lowest BCUT2D eigenvalue weighted by atomic mass is 10.2. The van der Waals surface area contributed by atoms with Crippen LogP contribution in [0.5, 0.6) is 0 Å². The van der Waals surface area contributed by atoms with E-state index in [1.165, 1.54) is 0 Å². The van der Waals surface area contributed by atoms with E-state index >= 15 is 0 Å². The molecule has 18 heavy (non-hydrogen) atoms. The fourth-order valence-electron chi connectivity index (χ4n) is 2.04. The topological polar surface area (TPSA) is 51.2 Å². The maximum atomic E-state index is 11.8. The smallest absolute Gasteiger partial charge is 0.249 e. The van der Waals surface area contributed by atoms with E-state index in [1.54, 1.807) is 11.3 Å². The van der Waals surface area contributed by atoms with E-state index in [1.807, 2.05) is 6.92 Å². The fourth-order valence-corrected chi connectivity index (χ4v) is 3.15. The van der Waals surface area contributed by atoms with Crippen LogP contribution in [0.4, 0.5) is 0 Å². The maximum absolute atomic E-state index is 11.8. The lowest BCUT2D eigenvalue weighted by molar-refractivity contribution is -0.130. The molecular formula is C13H20N2O2S. The zero-order valence-corrected chi connectivity index (χ0v) is 11.8. The molecule has 1 aliphatic rings. The molecule has 0 aromatic carbocycles. The van der Waals surface area contributed by atoms with Crippen LogP contribution < -0.4 is 5.32 Å². The minimum atomic E-state index is -0.242. The molecule has 1 amide bonds. The van der Waals surface area contributed by atoms with Crippen LogP contribution in [0, 0.1) is 6.92 Å². The van der Waals surface area contributed by atoms with Crippen LogP contribution in [0.1, 0.15) is 41.8 Å². The normalized spacial score (nSPS) is 19.1. The largest absolute Gasteiger partial charge is 0.368 e. The summed E-state index contributed by atoms with van der Waals surface area (Å²) in [6, 6.07) is 0. The third kappa shape index (κ3) is 3.29. The van der Waals surface area contributed by atoms with Crippen molar-refractivity contribution in [3.8, 4) is 0 Å². The number of nitrogens with one attached hydrogen (secondary N) is 1. The summed E-state index contributed by atoms with van der Waals surface area (Å²) in [5.41, 5.74) is 1.04. The number of aromatic nitrogens is 1. The minimum absolute atomic E-state index is 0.0114. The van der Waals surface area contributed by atoms with Gasteiger partial charge in [-0.25, -0.2) is 4.98 Å². The number of thiazole rings is 1. The van der Waals surface area contributed by atoms with E-state index in [-0.39, 0.29) is 12.0 Å². The van der Waals surface area contributed by atoms with Gasteiger partial charge in [-0.15, -0.1) is 11.3 Å². The summed E-state index contributed by atoms with van der Waals surface area (Å²) in [6.07, 6.45) is 3.71. The van der Waals surface area contributed by atoms with Crippen molar-refractivity contribution < 1.29 is 9.53 Å². The second-order valence-electron chi connectivity index (χ2n) is 4.59. The van der Waals surface area contributed by atoms with E-state index in [4.69, 9.17) is 4.74 Å². The Balaban J connectivity index is 1.87. The van der Waals surface area contributed by atoms with Gasteiger partial charge < -0.3 is 10.1 Å². The lowest BCUT2D eigenvalue weighted by Gasteiger charge is -2.09. The molecular weight excluding hydrogens is 248 g/mol. The SMILES string of the molecule is CCCc1nc(C)c(CNC(=O)[C@H]2CCCO2)s1. The summed E-state index contributed by atoms with van der Waals surface area (Å²) < 4.78 is 5.35. The second-order valence-corrected chi connectivity index (χ2v) is 5.75. The van der Waals surface area contributed by atoms with Gasteiger partial charge in [0, 0.05) is 11.5 Å². The van der Waals surface area contributed by atoms with Gasteiger partial charge in [0.05, 0.1) is 17.2 Å². The Hall–Kier alpha value is -0.940. The van der Waals surface area contributed by atoms with Gasteiger partial charge in [0.25, 0.3) is 0 Å². The first kappa shape index (κ1) is 13.5. The number of carbonyl (C=O) groups excluding carboxylic acids is 1. The number of hydrogen-bond donors (Lipinski definition) is 1. The number of amides is 1. The van der Waals surface area contributed by atoms with Gasteiger partial charge in [-0.05, 0) is 32.6 Å². The Morgan fingerprint density at radius 2 is 2.44 bits per heavy atom. The third-order valence-corrected chi connectivity index (χ3v) is 4.26. The average molecular weight is 268 g/mol. The first-order chi connectivity index (χ1) is 8.70. The fraction of sp³-hybridized carbons (Fsp3) is 0.692. The molecule has 1 aromatic heterocycles. The van der Waals surface area contributed by atoms with Crippen molar-refractivity contribution in [1.82, 2.24) is 10.3 Å². The quantitative estimate of drug-likeness (QED) is 0.890. The molecule has 2 heterocycles. The molecule has 0 aliphatic carbocycles. The summed E-state index contributed by atoms with van der Waals surface area (Å²) in [4.78, 5) is 17.5. The van der Waals surface area contributed by atoms with Crippen molar-refractivity contribution in [3.63, 3.8) is 0 Å². The third-order valence-electron chi connectivity index (χ3n) is 3.05. The maximum Gasteiger partial charge on any atom is 0.249 e.